The van der Waals surface area contributed by atoms with Crippen LogP contribution in [0.25, 0.3) is 22.3 Å². The van der Waals surface area contributed by atoms with Crippen LogP contribution in [0.1, 0.15) is 5.69 Å². The monoisotopic (exact) mass is 316 g/mol. The van der Waals surface area contributed by atoms with Gasteiger partial charge in [0.25, 0.3) is 0 Å². The van der Waals surface area contributed by atoms with Gasteiger partial charge in [0.1, 0.15) is 12.8 Å². The first-order valence-electron chi connectivity index (χ1n) is 7.01. The van der Waals surface area contributed by atoms with E-state index < -0.39 is 11.6 Å². The maximum absolute atomic E-state index is 14.0. The molecule has 6 heteroatoms. The Hall–Kier alpha value is -2.01. The van der Waals surface area contributed by atoms with Crippen molar-refractivity contribution in [1.29, 1.82) is 0 Å². The summed E-state index contributed by atoms with van der Waals surface area (Å²) in [6.07, 6.45) is 0.683. The first-order valence-corrected chi connectivity index (χ1v) is 7.39. The number of hydrogen-bond donors (Lipinski definition) is 0. The second kappa shape index (κ2) is 6.01. The van der Waals surface area contributed by atoms with E-state index in [9.17, 15) is 8.78 Å². The highest BCUT2D eigenvalue weighted by molar-refractivity contribution is 6.34. The normalized spacial score (nSPS) is 10.9. The van der Waals surface area contributed by atoms with Crippen LogP contribution >= 0.6 is 11.6 Å². The molecule has 1 aromatic heterocycles. The van der Waals surface area contributed by atoms with Crippen molar-refractivity contribution >= 4 is 29.9 Å². The first kappa shape index (κ1) is 14.9. The molecule has 0 fully saturated rings. The predicted molar refractivity (Wildman–Crippen MR) is 86.6 cm³/mol. The molecular weight excluding hydrogens is 304 g/mol. The molecule has 0 atom stereocenters. The summed E-state index contributed by atoms with van der Waals surface area (Å²) in [5, 5.41) is 0.505. The van der Waals surface area contributed by atoms with Gasteiger partial charge in [0.15, 0.2) is 11.6 Å². The van der Waals surface area contributed by atoms with Crippen LogP contribution in [0, 0.1) is 11.6 Å². The third kappa shape index (κ3) is 2.57. The van der Waals surface area contributed by atoms with Crippen LogP contribution in [0.4, 0.5) is 8.78 Å². The van der Waals surface area contributed by atoms with E-state index in [4.69, 9.17) is 11.6 Å². The van der Waals surface area contributed by atoms with E-state index in [-0.39, 0.29) is 5.52 Å². The zero-order valence-electron chi connectivity index (χ0n) is 11.9. The minimum Gasteiger partial charge on any atom is -0.250 e. The minimum atomic E-state index is -0.985. The second-order valence-corrected chi connectivity index (χ2v) is 5.39. The van der Waals surface area contributed by atoms with Crippen molar-refractivity contribution in [2.75, 3.05) is 0 Å². The van der Waals surface area contributed by atoms with Gasteiger partial charge in [-0.25, -0.2) is 18.7 Å². The summed E-state index contributed by atoms with van der Waals surface area (Å²) in [6, 6.07) is 9.67. The molecule has 0 saturated heterocycles. The molecule has 2 aromatic carbocycles. The zero-order chi connectivity index (χ0) is 15.7. The van der Waals surface area contributed by atoms with E-state index in [1.807, 2.05) is 12.9 Å². The van der Waals surface area contributed by atoms with Gasteiger partial charge < -0.3 is 0 Å². The van der Waals surface area contributed by atoms with Crippen LogP contribution in [0.15, 0.2) is 36.4 Å². The van der Waals surface area contributed by atoms with Gasteiger partial charge in [-0.1, -0.05) is 36.6 Å². The molecule has 0 amide bonds. The van der Waals surface area contributed by atoms with E-state index in [0.29, 0.717) is 28.1 Å². The summed E-state index contributed by atoms with van der Waals surface area (Å²) in [5.74, 6) is -1.92. The molecule has 0 bridgehead atoms. The van der Waals surface area contributed by atoms with Crippen LogP contribution < -0.4 is 0 Å². The SMILES string of the molecule is CBCc1nc2ccc(F)c(F)c2nc1-c1ccccc1Cl. The third-order valence-electron chi connectivity index (χ3n) is 3.42. The van der Waals surface area contributed by atoms with Gasteiger partial charge in [-0.3, -0.25) is 0 Å². The largest absolute Gasteiger partial charge is 0.250 e. The van der Waals surface area contributed by atoms with E-state index in [0.717, 1.165) is 19.0 Å². The maximum Gasteiger partial charge on any atom is 0.186 e. The summed E-state index contributed by atoms with van der Waals surface area (Å²) in [6.45, 7) is 2.02. The molecule has 3 aromatic rings. The zero-order valence-corrected chi connectivity index (χ0v) is 12.7. The molecule has 22 heavy (non-hydrogen) atoms. The Morgan fingerprint density at radius 3 is 2.59 bits per heavy atom. The van der Waals surface area contributed by atoms with Crippen LogP contribution in [0.2, 0.25) is 11.8 Å². The van der Waals surface area contributed by atoms with Gasteiger partial charge >= 0.3 is 0 Å². The fraction of sp³-hybridized carbons (Fsp3) is 0.125. The van der Waals surface area contributed by atoms with Gasteiger partial charge in [0.2, 0.25) is 0 Å². The van der Waals surface area contributed by atoms with Crippen molar-refractivity contribution in [2.45, 2.75) is 13.1 Å². The topological polar surface area (TPSA) is 25.8 Å². The highest BCUT2D eigenvalue weighted by atomic mass is 35.5. The molecule has 0 aliphatic carbocycles. The fourth-order valence-electron chi connectivity index (χ4n) is 2.38. The number of hydrogen-bond acceptors (Lipinski definition) is 2. The lowest BCUT2D eigenvalue weighted by molar-refractivity contribution is 0.515. The van der Waals surface area contributed by atoms with Gasteiger partial charge in [-0.15, -0.1) is 0 Å². The quantitative estimate of drug-likeness (QED) is 0.676. The van der Waals surface area contributed by atoms with Crippen molar-refractivity contribution in [3.63, 3.8) is 0 Å². The van der Waals surface area contributed by atoms with Crippen LogP contribution in [0.3, 0.4) is 0 Å². The molecule has 0 saturated carbocycles. The molecule has 0 unspecified atom stereocenters. The number of aromatic nitrogens is 2. The lowest BCUT2D eigenvalue weighted by Gasteiger charge is -2.11. The van der Waals surface area contributed by atoms with Crippen LogP contribution in [-0.4, -0.2) is 17.2 Å². The Labute approximate surface area is 132 Å². The van der Waals surface area contributed by atoms with E-state index in [1.54, 1.807) is 18.2 Å². The van der Waals surface area contributed by atoms with Crippen molar-refractivity contribution < 1.29 is 8.78 Å². The Kier molecular flexibility index (Phi) is 4.07. The average molecular weight is 317 g/mol. The molecule has 0 N–H and O–H groups in total. The number of benzene rings is 2. The Morgan fingerprint density at radius 2 is 1.86 bits per heavy atom. The molecule has 2 nitrogen and oxygen atoms in total. The molecule has 3 rings (SSSR count). The summed E-state index contributed by atoms with van der Waals surface area (Å²) < 4.78 is 27.4. The first-order chi connectivity index (χ1) is 10.6. The van der Waals surface area contributed by atoms with Gasteiger partial charge in [0.05, 0.1) is 21.9 Å². The molecule has 1 heterocycles. The van der Waals surface area contributed by atoms with Crippen molar-refractivity contribution in [2.24, 2.45) is 0 Å². The van der Waals surface area contributed by atoms with E-state index in [1.165, 1.54) is 6.07 Å². The Morgan fingerprint density at radius 1 is 1.09 bits per heavy atom. The van der Waals surface area contributed by atoms with Crippen LogP contribution in [-0.2, 0) is 6.32 Å². The molecule has 0 aliphatic heterocycles. The van der Waals surface area contributed by atoms with Gasteiger partial charge in [-0.2, -0.15) is 0 Å². The number of fused-ring (bicyclic) bond motifs is 1. The van der Waals surface area contributed by atoms with Crippen molar-refractivity contribution in [3.8, 4) is 11.3 Å². The summed E-state index contributed by atoms with van der Waals surface area (Å²) in [5.41, 5.74) is 2.18. The lowest BCUT2D eigenvalue weighted by Crippen LogP contribution is -2.04. The van der Waals surface area contributed by atoms with Gasteiger partial charge in [-0.05, 0) is 24.5 Å². The van der Waals surface area contributed by atoms with Crippen molar-refractivity contribution in [3.05, 3.63) is 58.7 Å². The van der Waals surface area contributed by atoms with E-state index >= 15 is 0 Å². The standard InChI is InChI=1S/C16H12BClF2N2/c1-17-8-13-15(9-4-2-3-5-10(9)18)22-16-12(21-13)7-6-11(19)14(16)20/h2-7,17H,8H2,1H3. The highest BCUT2D eigenvalue weighted by Gasteiger charge is 2.16. The number of nitrogens with zero attached hydrogens (tertiary/aromatic N) is 2. The Bertz CT molecular complexity index is 855. The van der Waals surface area contributed by atoms with Gasteiger partial charge in [0, 0.05) is 5.56 Å². The molecular formula is C16H12BClF2N2. The average Bonchev–Trinajstić information content (AvgIpc) is 2.52. The highest BCUT2D eigenvalue weighted by Crippen LogP contribution is 2.30. The van der Waals surface area contributed by atoms with Crippen LogP contribution in [0.5, 0.6) is 0 Å². The molecule has 0 spiro atoms. The predicted octanol–water partition coefficient (Wildman–Crippen LogP) is 4.21. The molecule has 0 radical (unpaired) electrons. The summed E-state index contributed by atoms with van der Waals surface area (Å²) in [4.78, 5) is 8.78. The number of rotatable bonds is 3. The molecule has 0 aliphatic rings. The Balaban J connectivity index is 2.33. The third-order valence-corrected chi connectivity index (χ3v) is 3.75. The number of halogens is 3. The smallest absolute Gasteiger partial charge is 0.186 e. The maximum atomic E-state index is 14.0. The summed E-state index contributed by atoms with van der Waals surface area (Å²) in [7, 11) is 0.862. The molecule has 110 valence electrons. The second-order valence-electron chi connectivity index (χ2n) is 4.98. The van der Waals surface area contributed by atoms with E-state index in [2.05, 4.69) is 9.97 Å². The van der Waals surface area contributed by atoms with Crippen molar-refractivity contribution in [1.82, 2.24) is 9.97 Å². The summed E-state index contributed by atoms with van der Waals surface area (Å²) >= 11 is 6.22. The lowest BCUT2D eigenvalue weighted by atomic mass is 9.76. The fourth-order valence-corrected chi connectivity index (χ4v) is 2.61. The minimum absolute atomic E-state index is 0.0743.